The molecule has 2 aromatic carbocycles. The Kier molecular flexibility index (Phi) is 5.62. The van der Waals surface area contributed by atoms with E-state index in [0.717, 1.165) is 17.7 Å². The Morgan fingerprint density at radius 3 is 2.19 bits per heavy atom. The first-order chi connectivity index (χ1) is 12.9. The lowest BCUT2D eigenvalue weighted by Gasteiger charge is -2.20. The minimum atomic E-state index is -3.61. The quantitative estimate of drug-likeness (QED) is 0.757. The van der Waals surface area contributed by atoms with E-state index < -0.39 is 10.0 Å². The highest BCUT2D eigenvalue weighted by Crippen LogP contribution is 2.36. The van der Waals surface area contributed by atoms with Crippen molar-refractivity contribution in [3.8, 4) is 17.2 Å². The summed E-state index contributed by atoms with van der Waals surface area (Å²) >= 11 is 0. The highest BCUT2D eigenvalue weighted by molar-refractivity contribution is 7.89. The van der Waals surface area contributed by atoms with Crippen LogP contribution in [0.25, 0.3) is 0 Å². The van der Waals surface area contributed by atoms with Crippen LogP contribution in [0.15, 0.2) is 41.3 Å². The van der Waals surface area contributed by atoms with E-state index in [4.69, 9.17) is 14.2 Å². The fraction of sp³-hybridized carbons (Fsp3) is 0.400. The van der Waals surface area contributed by atoms with Gasteiger partial charge in [-0.25, -0.2) is 8.42 Å². The standard InChI is InChI=1S/C20H25NO5S/c1-14-11-18(25-3)19(26-4)12-20(14)27(22,23)21-10-9-16(13-21)15-5-7-17(24-2)8-6-15/h5-8,11-12,16H,9-10,13H2,1-4H3. The zero-order chi connectivity index (χ0) is 19.6. The van der Waals surface area contributed by atoms with Crippen LogP contribution >= 0.6 is 0 Å². The summed E-state index contributed by atoms with van der Waals surface area (Å²) in [6.07, 6.45) is 0.790. The molecule has 1 heterocycles. The Labute approximate surface area is 160 Å². The summed E-state index contributed by atoms with van der Waals surface area (Å²) in [5.41, 5.74) is 1.76. The Morgan fingerprint density at radius 1 is 0.963 bits per heavy atom. The second-order valence-electron chi connectivity index (χ2n) is 6.59. The van der Waals surface area contributed by atoms with Gasteiger partial charge in [0.25, 0.3) is 0 Å². The Morgan fingerprint density at radius 2 is 1.59 bits per heavy atom. The van der Waals surface area contributed by atoms with Crippen LogP contribution in [-0.2, 0) is 10.0 Å². The van der Waals surface area contributed by atoms with Gasteiger partial charge in [-0.1, -0.05) is 12.1 Å². The van der Waals surface area contributed by atoms with Gasteiger partial charge in [0.05, 0.1) is 26.2 Å². The zero-order valence-electron chi connectivity index (χ0n) is 16.1. The van der Waals surface area contributed by atoms with Gasteiger partial charge in [-0.3, -0.25) is 0 Å². The molecule has 1 unspecified atom stereocenters. The van der Waals surface area contributed by atoms with Crippen molar-refractivity contribution in [3.05, 3.63) is 47.5 Å². The third-order valence-corrected chi connectivity index (χ3v) is 7.04. The van der Waals surface area contributed by atoms with Gasteiger partial charge in [0, 0.05) is 19.2 Å². The molecule has 0 amide bonds. The number of ether oxygens (including phenoxy) is 3. The van der Waals surface area contributed by atoms with Crippen molar-refractivity contribution in [2.24, 2.45) is 0 Å². The molecule has 0 radical (unpaired) electrons. The summed E-state index contributed by atoms with van der Waals surface area (Å²) in [5.74, 6) is 1.90. The first kappa shape index (κ1) is 19.5. The average molecular weight is 391 g/mol. The van der Waals surface area contributed by atoms with Crippen molar-refractivity contribution >= 4 is 10.0 Å². The Bertz CT molecular complexity index is 909. The van der Waals surface area contributed by atoms with Crippen molar-refractivity contribution < 1.29 is 22.6 Å². The van der Waals surface area contributed by atoms with Gasteiger partial charge in [-0.2, -0.15) is 4.31 Å². The molecule has 1 aliphatic rings. The van der Waals surface area contributed by atoms with Crippen molar-refractivity contribution in [2.75, 3.05) is 34.4 Å². The molecular weight excluding hydrogens is 366 g/mol. The van der Waals surface area contributed by atoms with Gasteiger partial charge in [-0.15, -0.1) is 0 Å². The van der Waals surface area contributed by atoms with E-state index >= 15 is 0 Å². The summed E-state index contributed by atoms with van der Waals surface area (Å²) in [6, 6.07) is 11.1. The summed E-state index contributed by atoms with van der Waals surface area (Å²) < 4.78 is 43.7. The van der Waals surface area contributed by atoms with E-state index in [1.165, 1.54) is 14.2 Å². The highest BCUT2D eigenvalue weighted by Gasteiger charge is 2.34. The predicted molar refractivity (Wildman–Crippen MR) is 103 cm³/mol. The summed E-state index contributed by atoms with van der Waals surface area (Å²) in [6.45, 7) is 2.72. The van der Waals surface area contributed by atoms with Crippen LogP contribution in [0.5, 0.6) is 17.2 Å². The van der Waals surface area contributed by atoms with Gasteiger partial charge < -0.3 is 14.2 Å². The molecule has 7 heteroatoms. The molecule has 27 heavy (non-hydrogen) atoms. The largest absolute Gasteiger partial charge is 0.497 e. The molecular formula is C20H25NO5S. The number of methoxy groups -OCH3 is 3. The van der Waals surface area contributed by atoms with Crippen LogP contribution in [0.3, 0.4) is 0 Å². The Balaban J connectivity index is 1.86. The van der Waals surface area contributed by atoms with Crippen LogP contribution in [-0.4, -0.2) is 47.1 Å². The number of aryl methyl sites for hydroxylation is 1. The molecule has 0 spiro atoms. The number of rotatable bonds is 6. The number of hydrogen-bond donors (Lipinski definition) is 0. The van der Waals surface area contributed by atoms with E-state index in [-0.39, 0.29) is 10.8 Å². The van der Waals surface area contributed by atoms with Crippen molar-refractivity contribution in [1.82, 2.24) is 4.31 Å². The van der Waals surface area contributed by atoms with Crippen molar-refractivity contribution in [3.63, 3.8) is 0 Å². The van der Waals surface area contributed by atoms with E-state index in [0.29, 0.717) is 30.2 Å². The number of nitrogens with zero attached hydrogens (tertiary/aromatic N) is 1. The number of sulfonamides is 1. The second kappa shape index (κ2) is 7.78. The zero-order valence-corrected chi connectivity index (χ0v) is 16.9. The molecule has 1 saturated heterocycles. The molecule has 1 atom stereocenters. The van der Waals surface area contributed by atoms with E-state index in [9.17, 15) is 8.42 Å². The minimum Gasteiger partial charge on any atom is -0.497 e. The highest BCUT2D eigenvalue weighted by atomic mass is 32.2. The monoisotopic (exact) mass is 391 g/mol. The lowest BCUT2D eigenvalue weighted by molar-refractivity contribution is 0.353. The van der Waals surface area contributed by atoms with Gasteiger partial charge in [0.15, 0.2) is 11.5 Å². The fourth-order valence-corrected chi connectivity index (χ4v) is 5.20. The molecule has 0 saturated carbocycles. The van der Waals surface area contributed by atoms with Gasteiger partial charge in [-0.05, 0) is 48.6 Å². The lowest BCUT2D eigenvalue weighted by atomic mass is 9.99. The maximum atomic E-state index is 13.2. The van der Waals surface area contributed by atoms with E-state index in [1.54, 1.807) is 30.5 Å². The molecule has 0 N–H and O–H groups in total. The third-order valence-electron chi connectivity index (χ3n) is 5.04. The maximum Gasteiger partial charge on any atom is 0.243 e. The van der Waals surface area contributed by atoms with Gasteiger partial charge in [0.1, 0.15) is 5.75 Å². The van der Waals surface area contributed by atoms with E-state index in [1.807, 2.05) is 24.3 Å². The molecule has 0 aromatic heterocycles. The van der Waals surface area contributed by atoms with Crippen molar-refractivity contribution in [2.45, 2.75) is 24.2 Å². The Hall–Kier alpha value is -2.25. The minimum absolute atomic E-state index is 0.172. The summed E-state index contributed by atoms with van der Waals surface area (Å²) in [4.78, 5) is 0.260. The average Bonchev–Trinajstić information content (AvgIpc) is 3.18. The normalized spacial score (nSPS) is 17.7. The van der Waals surface area contributed by atoms with Crippen LogP contribution in [0.2, 0.25) is 0 Å². The summed E-state index contributed by atoms with van der Waals surface area (Å²) in [7, 11) is 1.05. The molecule has 1 fully saturated rings. The molecule has 3 rings (SSSR count). The first-order valence-corrected chi connectivity index (χ1v) is 10.2. The molecule has 146 valence electrons. The molecule has 0 bridgehead atoms. The van der Waals surface area contributed by atoms with Crippen molar-refractivity contribution in [1.29, 1.82) is 0 Å². The summed E-state index contributed by atoms with van der Waals surface area (Å²) in [5, 5.41) is 0. The molecule has 6 nitrogen and oxygen atoms in total. The number of hydrogen-bond acceptors (Lipinski definition) is 5. The van der Waals surface area contributed by atoms with Crippen LogP contribution in [0.1, 0.15) is 23.5 Å². The van der Waals surface area contributed by atoms with Gasteiger partial charge >= 0.3 is 0 Å². The smallest absolute Gasteiger partial charge is 0.243 e. The molecule has 2 aromatic rings. The van der Waals surface area contributed by atoms with Crippen LogP contribution < -0.4 is 14.2 Å². The molecule has 1 aliphatic heterocycles. The first-order valence-electron chi connectivity index (χ1n) is 8.77. The van der Waals surface area contributed by atoms with E-state index in [2.05, 4.69) is 0 Å². The van der Waals surface area contributed by atoms with Crippen LogP contribution in [0.4, 0.5) is 0 Å². The molecule has 0 aliphatic carbocycles. The maximum absolute atomic E-state index is 13.2. The lowest BCUT2D eigenvalue weighted by Crippen LogP contribution is -2.29. The topological polar surface area (TPSA) is 65.1 Å². The fourth-order valence-electron chi connectivity index (χ4n) is 3.47. The SMILES string of the molecule is COc1ccc(C2CCN(S(=O)(=O)c3cc(OC)c(OC)cc3C)C2)cc1. The predicted octanol–water partition coefficient (Wildman–Crippen LogP) is 3.20. The second-order valence-corrected chi connectivity index (χ2v) is 8.50. The third kappa shape index (κ3) is 3.75. The van der Waals surface area contributed by atoms with Crippen LogP contribution in [0, 0.1) is 6.92 Å². The number of benzene rings is 2. The van der Waals surface area contributed by atoms with Gasteiger partial charge in [0.2, 0.25) is 10.0 Å².